The minimum Gasteiger partial charge on any atom is -0.481 e. The third-order valence-corrected chi connectivity index (χ3v) is 6.66. The maximum absolute atomic E-state index is 13.6. The molecule has 0 saturated heterocycles. The number of aliphatic imine (C=N–C) groups is 1. The number of nitrogens with two attached hydrogens (primary N) is 1. The molecule has 0 spiro atoms. The number of carbonyl (C=O) groups excluding carboxylic acids is 2. The van der Waals surface area contributed by atoms with Gasteiger partial charge in [-0.1, -0.05) is 24.3 Å². The minimum atomic E-state index is -0.648. The van der Waals surface area contributed by atoms with Crippen LogP contribution in [0.15, 0.2) is 41.4 Å². The fraction of sp³-hybridized carbons (Fsp3) is 0.516. The second-order valence-electron chi connectivity index (χ2n) is 12.5. The lowest BCUT2D eigenvalue weighted by atomic mass is 9.85. The predicted octanol–water partition coefficient (Wildman–Crippen LogP) is 6.30. The highest BCUT2D eigenvalue weighted by Crippen LogP contribution is 2.43. The molecule has 2 aliphatic rings. The Bertz CT molecular complexity index is 1290. The topological polar surface area (TPSA) is 115 Å². The van der Waals surface area contributed by atoms with Crippen LogP contribution in [0.3, 0.4) is 0 Å². The maximum atomic E-state index is 13.6. The van der Waals surface area contributed by atoms with Crippen molar-refractivity contribution in [1.82, 2.24) is 10.2 Å². The molecule has 216 valence electrons. The van der Waals surface area contributed by atoms with E-state index >= 15 is 0 Å². The van der Waals surface area contributed by atoms with E-state index in [2.05, 4.69) is 10.3 Å². The predicted molar refractivity (Wildman–Crippen MR) is 155 cm³/mol. The average Bonchev–Trinajstić information content (AvgIpc) is 2.84. The van der Waals surface area contributed by atoms with Crippen LogP contribution in [0.5, 0.6) is 5.75 Å². The van der Waals surface area contributed by atoms with E-state index in [9.17, 15) is 9.59 Å². The number of carbonyl (C=O) groups is 2. The molecule has 2 unspecified atom stereocenters. The fourth-order valence-electron chi connectivity index (χ4n) is 4.93. The van der Waals surface area contributed by atoms with E-state index in [0.717, 1.165) is 47.3 Å². The minimum absolute atomic E-state index is 0.205. The number of benzene rings is 2. The van der Waals surface area contributed by atoms with Crippen molar-refractivity contribution in [3.63, 3.8) is 0 Å². The van der Waals surface area contributed by atoms with Crippen LogP contribution in [0.25, 0.3) is 0 Å². The summed E-state index contributed by atoms with van der Waals surface area (Å²) in [6.45, 7) is 13.6. The van der Waals surface area contributed by atoms with Gasteiger partial charge in [0.2, 0.25) is 0 Å². The van der Waals surface area contributed by atoms with Crippen LogP contribution in [0.1, 0.15) is 89.6 Å². The van der Waals surface area contributed by atoms with Crippen LogP contribution in [-0.4, -0.2) is 40.2 Å². The normalized spacial score (nSPS) is 18.4. The van der Waals surface area contributed by atoms with Gasteiger partial charge in [0.05, 0.1) is 6.04 Å². The molecule has 2 amide bonds. The molecule has 9 nitrogen and oxygen atoms in total. The number of nitrogens with zero attached hydrogens (tertiary/aromatic N) is 2. The number of amidine groups is 1. The van der Waals surface area contributed by atoms with Gasteiger partial charge in [-0.2, -0.15) is 0 Å². The first kappa shape index (κ1) is 29.2. The Hall–Kier alpha value is -3.75. The number of aryl methyl sites for hydroxylation is 1. The summed E-state index contributed by atoms with van der Waals surface area (Å²) in [7, 11) is 0. The Morgan fingerprint density at radius 3 is 2.48 bits per heavy atom. The third kappa shape index (κ3) is 7.46. The molecule has 2 aromatic rings. The van der Waals surface area contributed by atoms with Crippen LogP contribution in [0, 0.1) is 0 Å². The lowest BCUT2D eigenvalue weighted by Crippen LogP contribution is -2.40. The van der Waals surface area contributed by atoms with E-state index in [0.29, 0.717) is 24.6 Å². The van der Waals surface area contributed by atoms with Crippen molar-refractivity contribution >= 4 is 23.7 Å². The smallest absolute Gasteiger partial charge is 0.411 e. The Kier molecular flexibility index (Phi) is 8.33. The van der Waals surface area contributed by atoms with E-state index in [1.54, 1.807) is 4.90 Å². The Morgan fingerprint density at radius 1 is 1.07 bits per heavy atom. The van der Waals surface area contributed by atoms with Crippen LogP contribution >= 0.6 is 0 Å². The molecule has 2 atom stereocenters. The number of fused-ring (bicyclic) bond motifs is 2. The summed E-state index contributed by atoms with van der Waals surface area (Å²) >= 11 is 0. The number of ether oxygens (including phenoxy) is 3. The highest BCUT2D eigenvalue weighted by Gasteiger charge is 2.34. The van der Waals surface area contributed by atoms with Crippen LogP contribution < -0.4 is 15.8 Å². The fourth-order valence-corrected chi connectivity index (χ4v) is 4.93. The summed E-state index contributed by atoms with van der Waals surface area (Å²) in [5, 5.41) is 2.80. The summed E-state index contributed by atoms with van der Waals surface area (Å²) in [6, 6.07) is 11.7. The quantitative estimate of drug-likeness (QED) is 0.452. The number of rotatable bonds is 5. The zero-order chi connectivity index (χ0) is 29.2. The molecule has 0 aromatic heterocycles. The van der Waals surface area contributed by atoms with Gasteiger partial charge < -0.3 is 25.3 Å². The molecule has 0 bridgehead atoms. The molecule has 1 aliphatic carbocycles. The number of nitrogens with one attached hydrogen (secondary N) is 1. The molecule has 0 fully saturated rings. The van der Waals surface area contributed by atoms with Crippen molar-refractivity contribution in [3.05, 3.63) is 58.7 Å². The lowest BCUT2D eigenvalue weighted by Gasteiger charge is -2.37. The summed E-state index contributed by atoms with van der Waals surface area (Å²) < 4.78 is 17.2. The first-order chi connectivity index (χ1) is 18.7. The highest BCUT2D eigenvalue weighted by atomic mass is 16.6. The second kappa shape index (κ2) is 11.4. The van der Waals surface area contributed by atoms with Gasteiger partial charge in [-0.3, -0.25) is 4.90 Å². The molecule has 9 heteroatoms. The van der Waals surface area contributed by atoms with Gasteiger partial charge in [-0.25, -0.2) is 14.6 Å². The van der Waals surface area contributed by atoms with Gasteiger partial charge >= 0.3 is 12.2 Å². The Balaban J connectivity index is 1.62. The van der Waals surface area contributed by atoms with Crippen molar-refractivity contribution < 1.29 is 23.8 Å². The van der Waals surface area contributed by atoms with Crippen LogP contribution in [0.2, 0.25) is 0 Å². The highest BCUT2D eigenvalue weighted by molar-refractivity contribution is 5.90. The molecule has 2 aromatic carbocycles. The number of hydrogen-bond donors (Lipinski definition) is 2. The van der Waals surface area contributed by atoms with Crippen molar-refractivity contribution in [1.29, 1.82) is 0 Å². The van der Waals surface area contributed by atoms with Gasteiger partial charge in [0.1, 0.15) is 28.5 Å². The molecule has 1 aliphatic heterocycles. The van der Waals surface area contributed by atoms with Crippen molar-refractivity contribution in [2.45, 2.75) is 104 Å². The van der Waals surface area contributed by atoms with Crippen LogP contribution in [0.4, 0.5) is 15.3 Å². The average molecular weight is 551 g/mol. The van der Waals surface area contributed by atoms with E-state index in [1.165, 1.54) is 0 Å². The second-order valence-corrected chi connectivity index (χ2v) is 12.5. The van der Waals surface area contributed by atoms with Crippen molar-refractivity contribution in [2.75, 3.05) is 0 Å². The van der Waals surface area contributed by atoms with E-state index in [-0.39, 0.29) is 18.2 Å². The molecule has 0 radical (unpaired) electrons. The Morgan fingerprint density at radius 2 is 1.77 bits per heavy atom. The third-order valence-electron chi connectivity index (χ3n) is 6.66. The molecule has 0 saturated carbocycles. The molecule has 3 N–H and O–H groups in total. The maximum Gasteiger partial charge on any atom is 0.411 e. The molecular weight excluding hydrogens is 508 g/mol. The van der Waals surface area contributed by atoms with Gasteiger partial charge in [0, 0.05) is 13.1 Å². The lowest BCUT2D eigenvalue weighted by molar-refractivity contribution is 0.0117. The van der Waals surface area contributed by atoms with Crippen molar-refractivity contribution in [3.8, 4) is 5.75 Å². The van der Waals surface area contributed by atoms with E-state index in [4.69, 9.17) is 19.9 Å². The van der Waals surface area contributed by atoms with Gasteiger partial charge in [0.25, 0.3) is 0 Å². The van der Waals surface area contributed by atoms with E-state index in [1.807, 2.05) is 84.9 Å². The van der Waals surface area contributed by atoms with Crippen molar-refractivity contribution in [2.24, 2.45) is 10.7 Å². The Labute approximate surface area is 237 Å². The number of hydrogen-bond acceptors (Lipinski definition) is 7. The summed E-state index contributed by atoms with van der Waals surface area (Å²) in [5.41, 5.74) is 9.55. The summed E-state index contributed by atoms with van der Waals surface area (Å²) in [5.74, 6) is 1.15. The van der Waals surface area contributed by atoms with Gasteiger partial charge in [-0.15, -0.1) is 0 Å². The number of alkyl carbamates (subject to hydrolysis) is 1. The standard InChI is InChI=1S/C31H42N4O5/c1-19-27(32)34-24-16-23-22(15-26(24)38-19)12-9-13-25(23)35(29(37)40-31(5,6)7)18-21-11-8-10-20(14-21)17-33-28(36)39-30(2,3)4/h8,10-11,14-16,19,25H,9,12-13,17-18H2,1-7H3,(H2,32,34)(H,33,36). The van der Waals surface area contributed by atoms with Crippen LogP contribution in [-0.2, 0) is 29.0 Å². The molecule has 1 heterocycles. The zero-order valence-electron chi connectivity index (χ0n) is 24.7. The van der Waals surface area contributed by atoms with Gasteiger partial charge in [0.15, 0.2) is 6.10 Å². The monoisotopic (exact) mass is 550 g/mol. The van der Waals surface area contributed by atoms with E-state index < -0.39 is 17.3 Å². The molecule has 4 rings (SSSR count). The molecule has 40 heavy (non-hydrogen) atoms. The summed E-state index contributed by atoms with van der Waals surface area (Å²) in [6.07, 6.45) is 1.48. The summed E-state index contributed by atoms with van der Waals surface area (Å²) in [4.78, 5) is 32.2. The number of amides is 2. The largest absolute Gasteiger partial charge is 0.481 e. The zero-order valence-corrected chi connectivity index (χ0v) is 24.7. The molecular formula is C31H42N4O5. The first-order valence-corrected chi connectivity index (χ1v) is 13.9. The van der Waals surface area contributed by atoms with Gasteiger partial charge in [-0.05, 0) is 102 Å². The first-order valence-electron chi connectivity index (χ1n) is 13.9. The SMILES string of the molecule is CC1Oc2cc3c(cc2N=C1N)C(N(Cc1cccc(CNC(=O)OC(C)(C)C)c1)C(=O)OC(C)(C)C)CCC3.